The van der Waals surface area contributed by atoms with Crippen LogP contribution in [0, 0.1) is 0 Å². The minimum Gasteiger partial charge on any atom is -0.508 e. The quantitative estimate of drug-likeness (QED) is 0.819. The van der Waals surface area contributed by atoms with Crippen molar-refractivity contribution in [2.75, 3.05) is 6.61 Å². The summed E-state index contributed by atoms with van der Waals surface area (Å²) < 4.78 is 10.8. The van der Waals surface area contributed by atoms with Gasteiger partial charge in [-0.05, 0) is 25.5 Å². The van der Waals surface area contributed by atoms with Crippen LogP contribution in [0.1, 0.15) is 38.0 Å². The van der Waals surface area contributed by atoms with Gasteiger partial charge in [0, 0.05) is 23.4 Å². The number of phenolic OH excluding ortho intramolecular Hbond substituents is 1. The van der Waals surface area contributed by atoms with E-state index in [9.17, 15) is 9.90 Å². The Hall–Kier alpha value is -1.97. The van der Waals surface area contributed by atoms with Crippen LogP contribution in [-0.2, 0) is 22.4 Å². The zero-order chi connectivity index (χ0) is 14.5. The van der Waals surface area contributed by atoms with E-state index in [2.05, 4.69) is 6.92 Å². The molecule has 1 N–H and O–H groups in total. The molecule has 0 radical (unpaired) electrons. The number of esters is 1. The van der Waals surface area contributed by atoms with Crippen LogP contribution in [0.25, 0.3) is 11.0 Å². The molecule has 1 heterocycles. The average Bonchev–Trinajstić information content (AvgIpc) is 2.74. The van der Waals surface area contributed by atoms with Gasteiger partial charge in [0.05, 0.1) is 13.0 Å². The number of phenols is 1. The van der Waals surface area contributed by atoms with Crippen LogP contribution in [0.5, 0.6) is 5.75 Å². The molecule has 0 aliphatic carbocycles. The Morgan fingerprint density at radius 1 is 1.35 bits per heavy atom. The van der Waals surface area contributed by atoms with Gasteiger partial charge >= 0.3 is 5.97 Å². The van der Waals surface area contributed by atoms with Crippen LogP contribution in [0.2, 0.25) is 0 Å². The summed E-state index contributed by atoms with van der Waals surface area (Å²) in [6.07, 6.45) is 3.06. The van der Waals surface area contributed by atoms with Crippen LogP contribution < -0.4 is 0 Å². The number of furan rings is 1. The summed E-state index contributed by atoms with van der Waals surface area (Å²) in [5, 5.41) is 10.4. The van der Waals surface area contributed by atoms with Crippen LogP contribution in [0.4, 0.5) is 0 Å². The molecule has 0 spiro atoms. The maximum atomic E-state index is 11.7. The highest BCUT2D eigenvalue weighted by Crippen LogP contribution is 2.30. The number of aromatic hydroxyl groups is 1. The topological polar surface area (TPSA) is 59.7 Å². The van der Waals surface area contributed by atoms with E-state index < -0.39 is 0 Å². The molecule has 0 aliphatic heterocycles. The molecule has 0 saturated carbocycles. The van der Waals surface area contributed by atoms with E-state index in [-0.39, 0.29) is 18.1 Å². The number of rotatable bonds is 6. The minimum atomic E-state index is -0.249. The predicted octanol–water partition coefficient (Wildman–Crippen LogP) is 3.59. The summed E-state index contributed by atoms with van der Waals surface area (Å²) in [6, 6.07) is 4.98. The van der Waals surface area contributed by atoms with Gasteiger partial charge in [-0.2, -0.15) is 0 Å². The standard InChI is InChI=1S/C16H20O4/c1-3-5-6-14-13(10-16(18)19-4-2)12-8-7-11(17)9-15(12)20-14/h7-9,17H,3-6,10H2,1-2H3. The molecule has 2 rings (SSSR count). The third kappa shape index (κ3) is 3.13. The van der Waals surface area contributed by atoms with Crippen molar-refractivity contribution < 1.29 is 19.1 Å². The fourth-order valence-electron chi connectivity index (χ4n) is 2.28. The SMILES string of the molecule is CCCCc1oc2cc(O)ccc2c1CC(=O)OCC. The Morgan fingerprint density at radius 2 is 2.15 bits per heavy atom. The van der Waals surface area contributed by atoms with Crippen LogP contribution in [-0.4, -0.2) is 17.7 Å². The van der Waals surface area contributed by atoms with Crippen molar-refractivity contribution in [3.63, 3.8) is 0 Å². The monoisotopic (exact) mass is 276 g/mol. The van der Waals surface area contributed by atoms with E-state index >= 15 is 0 Å². The first-order valence-corrected chi connectivity index (χ1v) is 7.04. The number of fused-ring (bicyclic) bond motifs is 1. The molecule has 20 heavy (non-hydrogen) atoms. The van der Waals surface area contributed by atoms with E-state index in [1.54, 1.807) is 25.1 Å². The summed E-state index contributed by atoms with van der Waals surface area (Å²) in [6.45, 7) is 4.28. The lowest BCUT2D eigenvalue weighted by Crippen LogP contribution is -2.08. The largest absolute Gasteiger partial charge is 0.508 e. The average molecular weight is 276 g/mol. The first-order valence-electron chi connectivity index (χ1n) is 7.04. The maximum Gasteiger partial charge on any atom is 0.310 e. The normalized spacial score (nSPS) is 10.9. The second-order valence-corrected chi connectivity index (χ2v) is 4.77. The highest BCUT2D eigenvalue weighted by Gasteiger charge is 2.17. The lowest BCUT2D eigenvalue weighted by atomic mass is 10.0. The fourth-order valence-corrected chi connectivity index (χ4v) is 2.28. The molecule has 0 amide bonds. The van der Waals surface area contributed by atoms with Gasteiger partial charge < -0.3 is 14.3 Å². The molecule has 2 aromatic rings. The van der Waals surface area contributed by atoms with Gasteiger partial charge in [0.25, 0.3) is 0 Å². The number of hydrogen-bond donors (Lipinski definition) is 1. The Bertz CT molecular complexity index is 598. The molecular weight excluding hydrogens is 256 g/mol. The van der Waals surface area contributed by atoms with Gasteiger partial charge in [-0.15, -0.1) is 0 Å². The van der Waals surface area contributed by atoms with Crippen molar-refractivity contribution in [3.8, 4) is 5.75 Å². The van der Waals surface area contributed by atoms with Crippen molar-refractivity contribution in [2.45, 2.75) is 39.5 Å². The van der Waals surface area contributed by atoms with Crippen molar-refractivity contribution in [1.82, 2.24) is 0 Å². The number of carbonyl (C=O) groups is 1. The molecule has 0 saturated heterocycles. The van der Waals surface area contributed by atoms with E-state index in [0.717, 1.165) is 36.0 Å². The molecular formula is C16H20O4. The summed E-state index contributed by atoms with van der Waals surface area (Å²) in [5.41, 5.74) is 1.50. The van der Waals surface area contributed by atoms with Gasteiger partial charge in [-0.1, -0.05) is 13.3 Å². The van der Waals surface area contributed by atoms with Crippen molar-refractivity contribution in [2.24, 2.45) is 0 Å². The molecule has 0 bridgehead atoms. The highest BCUT2D eigenvalue weighted by atomic mass is 16.5. The summed E-state index contributed by atoms with van der Waals surface area (Å²) in [7, 11) is 0. The second-order valence-electron chi connectivity index (χ2n) is 4.77. The number of carbonyl (C=O) groups excluding carboxylic acids is 1. The number of aryl methyl sites for hydroxylation is 1. The zero-order valence-electron chi connectivity index (χ0n) is 11.9. The van der Waals surface area contributed by atoms with E-state index in [0.29, 0.717) is 12.2 Å². The number of ether oxygens (including phenoxy) is 1. The van der Waals surface area contributed by atoms with Crippen molar-refractivity contribution in [3.05, 3.63) is 29.5 Å². The summed E-state index contributed by atoms with van der Waals surface area (Å²) in [5.74, 6) is 0.734. The molecule has 4 heteroatoms. The van der Waals surface area contributed by atoms with Crippen LogP contribution in [0.3, 0.4) is 0 Å². The lowest BCUT2D eigenvalue weighted by molar-refractivity contribution is -0.142. The minimum absolute atomic E-state index is 0.163. The van der Waals surface area contributed by atoms with Gasteiger partial charge in [0.2, 0.25) is 0 Å². The highest BCUT2D eigenvalue weighted by molar-refractivity contribution is 5.87. The number of hydrogen-bond acceptors (Lipinski definition) is 4. The number of benzene rings is 1. The van der Waals surface area contributed by atoms with E-state index in [1.807, 2.05) is 0 Å². The molecule has 0 aliphatic rings. The van der Waals surface area contributed by atoms with Crippen LogP contribution >= 0.6 is 0 Å². The van der Waals surface area contributed by atoms with Crippen molar-refractivity contribution in [1.29, 1.82) is 0 Å². The molecule has 1 aromatic heterocycles. The van der Waals surface area contributed by atoms with E-state index in [4.69, 9.17) is 9.15 Å². The Kier molecular flexibility index (Phi) is 4.66. The molecule has 1 aromatic carbocycles. The van der Waals surface area contributed by atoms with Gasteiger partial charge in [-0.3, -0.25) is 4.79 Å². The van der Waals surface area contributed by atoms with Crippen LogP contribution in [0.15, 0.2) is 22.6 Å². The Labute approximate surface area is 118 Å². The van der Waals surface area contributed by atoms with Gasteiger partial charge in [0.15, 0.2) is 0 Å². The molecule has 0 atom stereocenters. The Balaban J connectivity index is 2.38. The third-order valence-electron chi connectivity index (χ3n) is 3.24. The molecule has 4 nitrogen and oxygen atoms in total. The first kappa shape index (κ1) is 14.4. The molecule has 0 fully saturated rings. The molecule has 108 valence electrons. The van der Waals surface area contributed by atoms with E-state index in [1.165, 1.54) is 0 Å². The van der Waals surface area contributed by atoms with Gasteiger partial charge in [0.1, 0.15) is 17.1 Å². The van der Waals surface area contributed by atoms with Gasteiger partial charge in [-0.25, -0.2) is 0 Å². The maximum absolute atomic E-state index is 11.7. The second kappa shape index (κ2) is 6.46. The predicted molar refractivity (Wildman–Crippen MR) is 76.8 cm³/mol. The summed E-state index contributed by atoms with van der Waals surface area (Å²) in [4.78, 5) is 11.7. The fraction of sp³-hybridized carbons (Fsp3) is 0.438. The first-order chi connectivity index (χ1) is 9.65. The summed E-state index contributed by atoms with van der Waals surface area (Å²) >= 11 is 0. The molecule has 0 unspecified atom stereocenters. The Morgan fingerprint density at radius 3 is 2.85 bits per heavy atom. The lowest BCUT2D eigenvalue weighted by Gasteiger charge is -2.03. The number of unbranched alkanes of at least 4 members (excludes halogenated alkanes) is 1. The van der Waals surface area contributed by atoms with Crippen molar-refractivity contribution >= 4 is 16.9 Å². The third-order valence-corrected chi connectivity index (χ3v) is 3.24. The smallest absolute Gasteiger partial charge is 0.310 e. The zero-order valence-corrected chi connectivity index (χ0v) is 11.9.